The molecule has 0 saturated heterocycles. The van der Waals surface area contributed by atoms with E-state index in [1.807, 2.05) is 0 Å². The molecule has 3 rings (SSSR count). The van der Waals surface area contributed by atoms with Gasteiger partial charge in [-0.05, 0) is 52.9 Å². The van der Waals surface area contributed by atoms with Gasteiger partial charge in [0.2, 0.25) is 16.5 Å². The summed E-state index contributed by atoms with van der Waals surface area (Å²) < 4.78 is 104. The first-order chi connectivity index (χ1) is 14.1. The van der Waals surface area contributed by atoms with Crippen LogP contribution in [0.3, 0.4) is 0 Å². The first-order valence-electron chi connectivity index (χ1n) is 7.39. The van der Waals surface area contributed by atoms with Crippen molar-refractivity contribution in [3.05, 3.63) is 34.8 Å². The molecule has 2 aromatic carbocycles. The SMILES string of the molecule is O=S(=O)([O-])c1cc(Nc2nc(Cl)nc(Cl)n2)c2c(S(=O)(=O)[O-])cc(S(=O)(=O)[O-])cc2c1.[Na+].[Na+].[Na+]. The molecule has 0 radical (unpaired) electrons. The summed E-state index contributed by atoms with van der Waals surface area (Å²) in [5.74, 6) is -0.443. The summed E-state index contributed by atoms with van der Waals surface area (Å²) in [5.41, 5.74) is -0.519. The fraction of sp³-hybridized carbons (Fsp3) is 0. The molecule has 34 heavy (non-hydrogen) atoms. The number of nitrogens with one attached hydrogen (secondary N) is 1. The zero-order chi connectivity index (χ0) is 23.4. The number of halogens is 2. The fourth-order valence-electron chi connectivity index (χ4n) is 2.51. The van der Waals surface area contributed by atoms with E-state index < -0.39 is 78.0 Å². The van der Waals surface area contributed by atoms with Crippen molar-refractivity contribution in [2.75, 3.05) is 5.32 Å². The number of aromatic nitrogens is 3. The van der Waals surface area contributed by atoms with Gasteiger partial charge in [-0.1, -0.05) is 0 Å². The van der Waals surface area contributed by atoms with Crippen molar-refractivity contribution in [2.45, 2.75) is 14.7 Å². The van der Waals surface area contributed by atoms with Gasteiger partial charge >= 0.3 is 88.7 Å². The average Bonchev–Trinajstić information content (AvgIpc) is 2.57. The number of rotatable bonds is 5. The molecule has 0 aliphatic rings. The second kappa shape index (κ2) is 12.6. The topological polar surface area (TPSA) is 222 Å². The van der Waals surface area contributed by atoms with Crippen LogP contribution in [-0.2, 0) is 30.4 Å². The van der Waals surface area contributed by atoms with Crippen molar-refractivity contribution in [2.24, 2.45) is 0 Å². The van der Waals surface area contributed by atoms with Crippen LogP contribution in [0.1, 0.15) is 0 Å². The Bertz CT molecular complexity index is 1550. The third kappa shape index (κ3) is 8.42. The smallest absolute Gasteiger partial charge is 0.744 e. The van der Waals surface area contributed by atoms with E-state index in [2.05, 4.69) is 20.3 Å². The van der Waals surface area contributed by atoms with Crippen LogP contribution in [0, 0.1) is 0 Å². The van der Waals surface area contributed by atoms with Gasteiger partial charge in [-0.15, -0.1) is 0 Å². The van der Waals surface area contributed by atoms with Gasteiger partial charge in [0, 0.05) is 5.39 Å². The zero-order valence-electron chi connectivity index (χ0n) is 17.3. The Morgan fingerprint density at radius 2 is 1.12 bits per heavy atom. The van der Waals surface area contributed by atoms with Crippen molar-refractivity contribution in [1.82, 2.24) is 15.0 Å². The second-order valence-electron chi connectivity index (χ2n) is 5.67. The van der Waals surface area contributed by atoms with Gasteiger partial charge < -0.3 is 19.0 Å². The van der Waals surface area contributed by atoms with E-state index in [9.17, 15) is 38.9 Å². The molecule has 3 aromatic rings. The number of hydrogen-bond acceptors (Lipinski definition) is 13. The summed E-state index contributed by atoms with van der Waals surface area (Å²) in [4.78, 5) is 7.42. The van der Waals surface area contributed by atoms with Gasteiger partial charge in [0.15, 0.2) is 0 Å². The van der Waals surface area contributed by atoms with Gasteiger partial charge in [0.1, 0.15) is 30.4 Å². The van der Waals surface area contributed by atoms with Gasteiger partial charge in [-0.2, -0.15) is 15.0 Å². The molecular formula is C13H5Cl2N4Na3O9S3. The van der Waals surface area contributed by atoms with Gasteiger partial charge in [-0.25, -0.2) is 25.3 Å². The molecule has 0 atom stereocenters. The fourth-order valence-corrected chi connectivity index (χ4v) is 4.76. The predicted molar refractivity (Wildman–Crippen MR) is 101 cm³/mol. The summed E-state index contributed by atoms with van der Waals surface area (Å²) >= 11 is 11.3. The minimum Gasteiger partial charge on any atom is -0.744 e. The summed E-state index contributed by atoms with van der Waals surface area (Å²) in [6, 6.07) is 2.15. The molecule has 1 aromatic heterocycles. The first kappa shape index (κ1) is 34.8. The van der Waals surface area contributed by atoms with Crippen LogP contribution < -0.4 is 94.0 Å². The quantitative estimate of drug-likeness (QED) is 0.213. The maximum atomic E-state index is 11.8. The van der Waals surface area contributed by atoms with E-state index in [4.69, 9.17) is 23.2 Å². The molecule has 0 aliphatic heterocycles. The van der Waals surface area contributed by atoms with Crippen LogP contribution in [0.15, 0.2) is 39.0 Å². The minimum absolute atomic E-state index is 0. The number of anilines is 2. The van der Waals surface area contributed by atoms with Crippen molar-refractivity contribution in [1.29, 1.82) is 0 Å². The number of hydrogen-bond donors (Lipinski definition) is 1. The Morgan fingerprint density at radius 3 is 1.53 bits per heavy atom. The van der Waals surface area contributed by atoms with E-state index >= 15 is 0 Å². The maximum absolute atomic E-state index is 11.8. The molecule has 0 bridgehead atoms. The Labute approximate surface area is 269 Å². The number of nitrogens with zero attached hydrogens (tertiary/aromatic N) is 3. The zero-order valence-corrected chi connectivity index (χ0v) is 27.3. The van der Waals surface area contributed by atoms with Crippen LogP contribution in [0.4, 0.5) is 11.6 Å². The molecule has 0 unspecified atom stereocenters. The van der Waals surface area contributed by atoms with Crippen LogP contribution in [0.25, 0.3) is 10.8 Å². The molecule has 166 valence electrons. The second-order valence-corrected chi connectivity index (χ2v) is 10.5. The monoisotopic (exact) mass is 596 g/mol. The van der Waals surface area contributed by atoms with Crippen molar-refractivity contribution in [3.63, 3.8) is 0 Å². The molecule has 0 amide bonds. The molecule has 0 aliphatic carbocycles. The molecule has 1 N–H and O–H groups in total. The van der Waals surface area contributed by atoms with Crippen molar-refractivity contribution < 1.29 is 128 Å². The number of fused-ring (bicyclic) bond motifs is 1. The van der Waals surface area contributed by atoms with E-state index in [1.54, 1.807) is 0 Å². The van der Waals surface area contributed by atoms with Crippen LogP contribution in [0.5, 0.6) is 0 Å². The Morgan fingerprint density at radius 1 is 0.676 bits per heavy atom. The van der Waals surface area contributed by atoms with Crippen molar-refractivity contribution in [3.8, 4) is 0 Å². The average molecular weight is 597 g/mol. The summed E-state index contributed by atoms with van der Waals surface area (Å²) in [5, 5.41) is 0.408. The van der Waals surface area contributed by atoms with Crippen molar-refractivity contribution >= 4 is 76.0 Å². The Kier molecular flexibility index (Phi) is 12.9. The Hall–Kier alpha value is 0.820. The molecule has 21 heteroatoms. The van der Waals surface area contributed by atoms with E-state index in [1.165, 1.54) is 0 Å². The number of benzene rings is 2. The predicted octanol–water partition coefficient (Wildman–Crippen LogP) is -8.20. The summed E-state index contributed by atoms with van der Waals surface area (Å²) in [7, 11) is -15.9. The van der Waals surface area contributed by atoms with E-state index in [0.29, 0.717) is 24.3 Å². The maximum Gasteiger partial charge on any atom is 1.00 e. The van der Waals surface area contributed by atoms with Gasteiger partial charge in [-0.3, -0.25) is 0 Å². The summed E-state index contributed by atoms with van der Waals surface area (Å²) in [6.45, 7) is 0. The third-order valence-electron chi connectivity index (χ3n) is 3.63. The minimum atomic E-state index is -5.42. The van der Waals surface area contributed by atoms with Crippen LogP contribution >= 0.6 is 23.2 Å². The molecule has 1 heterocycles. The molecule has 0 saturated carbocycles. The first-order valence-corrected chi connectivity index (χ1v) is 12.4. The van der Waals surface area contributed by atoms with Gasteiger partial charge in [0.25, 0.3) is 0 Å². The standard InChI is InChI=1S/C13H8Cl2N4O9S3.3Na/c14-11-17-12(15)19-13(18-11)16-8-3-6(29(20,21)22)1-5-2-7(30(23,24)25)4-9(10(5)8)31(26,27)28;;;/h1-4H,(H,20,21,22)(H,23,24,25)(H,26,27,28)(H,16,17,18,19);;;/q;3*+1/p-3. The van der Waals surface area contributed by atoms with E-state index in [-0.39, 0.29) is 88.7 Å². The molecular weight excluding hydrogens is 592 g/mol. The third-order valence-corrected chi connectivity index (χ3v) is 6.46. The Balaban J connectivity index is 0.00000363. The molecule has 0 fully saturated rings. The largest absolute Gasteiger partial charge is 1.00 e. The van der Waals surface area contributed by atoms with Gasteiger partial charge in [0.05, 0.1) is 20.4 Å². The normalized spacial score (nSPS) is 11.7. The molecule has 13 nitrogen and oxygen atoms in total. The van der Waals surface area contributed by atoms with Crippen LogP contribution in [-0.4, -0.2) is 53.9 Å². The molecule has 0 spiro atoms. The van der Waals surface area contributed by atoms with Crippen LogP contribution in [0.2, 0.25) is 10.6 Å². The summed E-state index contributed by atoms with van der Waals surface area (Å²) in [6.07, 6.45) is 0. The van der Waals surface area contributed by atoms with E-state index in [0.717, 1.165) is 0 Å².